The molecule has 0 saturated heterocycles. The van der Waals surface area contributed by atoms with Crippen molar-refractivity contribution in [3.8, 4) is 33.6 Å². The van der Waals surface area contributed by atoms with E-state index in [-0.39, 0.29) is 5.41 Å². The summed E-state index contributed by atoms with van der Waals surface area (Å²) in [4.78, 5) is 0. The number of aromatic nitrogens is 2. The molecule has 2 heterocycles. The Bertz CT molecular complexity index is 2700. The number of nitrogens with zero attached hydrogens (tertiary/aromatic N) is 2. The Kier molecular flexibility index (Phi) is 5.37. The summed E-state index contributed by atoms with van der Waals surface area (Å²) in [7, 11) is 0. The first-order chi connectivity index (χ1) is 23.1. The summed E-state index contributed by atoms with van der Waals surface area (Å²) in [6.45, 7) is 4.78. The van der Waals surface area contributed by atoms with Crippen LogP contribution in [0, 0.1) is 0 Å². The molecular weight excluding hydrogens is 569 g/mol. The SMILES string of the molecule is CC1(C)c2ccccc2-c2ccc3c4ccccc4n(-c4cccc(-c5cccc6c7ccccc7n(-c7ccccc7)c56)c4)c3c21. The van der Waals surface area contributed by atoms with Gasteiger partial charge in [-0.05, 0) is 64.2 Å². The minimum absolute atomic E-state index is 0.128. The largest absolute Gasteiger partial charge is 0.309 e. The third-order valence-corrected chi connectivity index (χ3v) is 10.5. The Morgan fingerprint density at radius 2 is 0.979 bits per heavy atom. The van der Waals surface area contributed by atoms with Crippen LogP contribution in [-0.4, -0.2) is 9.13 Å². The van der Waals surface area contributed by atoms with Crippen LogP contribution in [0.5, 0.6) is 0 Å². The van der Waals surface area contributed by atoms with Gasteiger partial charge in [0.25, 0.3) is 0 Å². The van der Waals surface area contributed by atoms with Gasteiger partial charge in [0.1, 0.15) is 0 Å². The topological polar surface area (TPSA) is 9.86 Å². The van der Waals surface area contributed by atoms with Crippen molar-refractivity contribution in [2.75, 3.05) is 0 Å². The fraction of sp³-hybridized carbons (Fsp3) is 0.0667. The second kappa shape index (κ2) is 9.57. The third kappa shape index (κ3) is 3.56. The van der Waals surface area contributed by atoms with Crippen LogP contribution < -0.4 is 0 Å². The van der Waals surface area contributed by atoms with Gasteiger partial charge in [0, 0.05) is 43.9 Å². The minimum Gasteiger partial charge on any atom is -0.309 e. The molecule has 0 aliphatic heterocycles. The van der Waals surface area contributed by atoms with Gasteiger partial charge in [-0.2, -0.15) is 0 Å². The fourth-order valence-corrected chi connectivity index (χ4v) is 8.49. The lowest BCUT2D eigenvalue weighted by atomic mass is 9.81. The van der Waals surface area contributed by atoms with Gasteiger partial charge in [0.2, 0.25) is 0 Å². The smallest absolute Gasteiger partial charge is 0.0619 e. The molecule has 0 N–H and O–H groups in total. The van der Waals surface area contributed by atoms with Crippen molar-refractivity contribution in [2.24, 2.45) is 0 Å². The Labute approximate surface area is 273 Å². The molecule has 47 heavy (non-hydrogen) atoms. The molecule has 7 aromatic carbocycles. The normalized spacial score (nSPS) is 13.5. The quantitative estimate of drug-likeness (QED) is 0.191. The van der Waals surface area contributed by atoms with E-state index in [2.05, 4.69) is 181 Å². The maximum Gasteiger partial charge on any atom is 0.0619 e. The molecule has 1 aliphatic rings. The number of fused-ring (bicyclic) bond motifs is 10. The predicted octanol–water partition coefficient (Wildman–Crippen LogP) is 11.9. The molecule has 0 fully saturated rings. The zero-order chi connectivity index (χ0) is 31.3. The van der Waals surface area contributed by atoms with E-state index in [0.717, 1.165) is 0 Å². The highest BCUT2D eigenvalue weighted by molar-refractivity contribution is 6.15. The summed E-state index contributed by atoms with van der Waals surface area (Å²) >= 11 is 0. The van der Waals surface area contributed by atoms with Crippen molar-refractivity contribution in [2.45, 2.75) is 19.3 Å². The number of rotatable bonds is 3. The predicted molar refractivity (Wildman–Crippen MR) is 198 cm³/mol. The van der Waals surface area contributed by atoms with Crippen LogP contribution in [0.3, 0.4) is 0 Å². The first kappa shape index (κ1) is 26.4. The summed E-state index contributed by atoms with van der Waals surface area (Å²) in [5.41, 5.74) is 15.1. The lowest BCUT2D eigenvalue weighted by molar-refractivity contribution is 0.664. The molecule has 0 atom stereocenters. The van der Waals surface area contributed by atoms with E-state index in [1.165, 1.54) is 88.4 Å². The fourth-order valence-electron chi connectivity index (χ4n) is 8.49. The molecule has 222 valence electrons. The summed E-state index contributed by atoms with van der Waals surface area (Å²) in [5, 5.41) is 5.12. The van der Waals surface area contributed by atoms with Crippen LogP contribution in [-0.2, 0) is 5.41 Å². The summed E-state index contributed by atoms with van der Waals surface area (Å²) < 4.78 is 4.95. The molecule has 1 aliphatic carbocycles. The minimum atomic E-state index is -0.128. The molecule has 0 saturated carbocycles. The molecule has 0 radical (unpaired) electrons. The molecule has 0 bridgehead atoms. The molecular formula is C45H32N2. The maximum atomic E-state index is 2.52. The first-order valence-corrected chi connectivity index (χ1v) is 16.5. The van der Waals surface area contributed by atoms with E-state index in [4.69, 9.17) is 0 Å². The van der Waals surface area contributed by atoms with Gasteiger partial charge in [-0.25, -0.2) is 0 Å². The average Bonchev–Trinajstić information content (AvgIpc) is 3.72. The standard InChI is InChI=1S/C45H32N2/c1-45(2)39-23-9-6-18-33(39)36-26-27-38-35-20-8-11-25-41(35)47(44(38)42(36)45)31-17-12-14-29(28-31)32-21-13-22-37-34-19-7-10-24-40(34)46(43(32)37)30-15-4-3-5-16-30/h3-28H,1-2H3. The van der Waals surface area contributed by atoms with Crippen molar-refractivity contribution in [1.82, 2.24) is 9.13 Å². The second-order valence-electron chi connectivity index (χ2n) is 13.3. The molecule has 2 aromatic heterocycles. The van der Waals surface area contributed by atoms with E-state index in [1.807, 2.05) is 0 Å². The van der Waals surface area contributed by atoms with Gasteiger partial charge in [0.15, 0.2) is 0 Å². The Hall–Kier alpha value is -5.86. The maximum absolute atomic E-state index is 2.52. The van der Waals surface area contributed by atoms with Crippen LogP contribution in [0.15, 0.2) is 158 Å². The summed E-state index contributed by atoms with van der Waals surface area (Å²) in [6, 6.07) is 57.9. The van der Waals surface area contributed by atoms with Crippen molar-refractivity contribution in [3.05, 3.63) is 169 Å². The highest BCUT2D eigenvalue weighted by atomic mass is 15.0. The molecule has 10 rings (SSSR count). The van der Waals surface area contributed by atoms with Gasteiger partial charge in [-0.15, -0.1) is 0 Å². The van der Waals surface area contributed by atoms with Gasteiger partial charge < -0.3 is 9.13 Å². The van der Waals surface area contributed by atoms with Gasteiger partial charge in [-0.3, -0.25) is 0 Å². The Balaban J connectivity index is 1.28. The van der Waals surface area contributed by atoms with Crippen LogP contribution in [0.2, 0.25) is 0 Å². The zero-order valence-corrected chi connectivity index (χ0v) is 26.4. The van der Waals surface area contributed by atoms with Crippen LogP contribution >= 0.6 is 0 Å². The number of benzene rings is 7. The number of para-hydroxylation sites is 4. The lowest BCUT2D eigenvalue weighted by Gasteiger charge is -2.23. The first-order valence-electron chi connectivity index (χ1n) is 16.5. The van der Waals surface area contributed by atoms with Crippen molar-refractivity contribution in [3.63, 3.8) is 0 Å². The Morgan fingerprint density at radius 1 is 0.404 bits per heavy atom. The molecule has 0 spiro atoms. The van der Waals surface area contributed by atoms with Gasteiger partial charge in [0.05, 0.1) is 22.1 Å². The van der Waals surface area contributed by atoms with Crippen molar-refractivity contribution >= 4 is 43.6 Å². The van der Waals surface area contributed by atoms with Crippen LogP contribution in [0.25, 0.3) is 77.2 Å². The van der Waals surface area contributed by atoms with Crippen LogP contribution in [0.4, 0.5) is 0 Å². The second-order valence-corrected chi connectivity index (χ2v) is 13.3. The van der Waals surface area contributed by atoms with Gasteiger partial charge >= 0.3 is 0 Å². The lowest BCUT2D eigenvalue weighted by Crippen LogP contribution is -2.16. The van der Waals surface area contributed by atoms with E-state index in [0.29, 0.717) is 0 Å². The van der Waals surface area contributed by atoms with E-state index in [1.54, 1.807) is 0 Å². The molecule has 0 unspecified atom stereocenters. The molecule has 2 nitrogen and oxygen atoms in total. The van der Waals surface area contributed by atoms with Gasteiger partial charge in [-0.1, -0.05) is 135 Å². The van der Waals surface area contributed by atoms with E-state index in [9.17, 15) is 0 Å². The van der Waals surface area contributed by atoms with Crippen LogP contribution in [0.1, 0.15) is 25.0 Å². The highest BCUT2D eigenvalue weighted by Crippen LogP contribution is 2.53. The molecule has 0 amide bonds. The van der Waals surface area contributed by atoms with E-state index >= 15 is 0 Å². The average molecular weight is 601 g/mol. The Morgan fingerprint density at radius 3 is 1.77 bits per heavy atom. The highest BCUT2D eigenvalue weighted by Gasteiger charge is 2.38. The summed E-state index contributed by atoms with van der Waals surface area (Å²) in [6.07, 6.45) is 0. The van der Waals surface area contributed by atoms with E-state index < -0.39 is 0 Å². The number of hydrogen-bond acceptors (Lipinski definition) is 0. The number of hydrogen-bond donors (Lipinski definition) is 0. The molecule has 9 aromatic rings. The zero-order valence-electron chi connectivity index (χ0n) is 26.4. The molecule has 2 heteroatoms. The monoisotopic (exact) mass is 600 g/mol. The summed E-state index contributed by atoms with van der Waals surface area (Å²) in [5.74, 6) is 0. The van der Waals surface area contributed by atoms with Crippen molar-refractivity contribution < 1.29 is 0 Å². The van der Waals surface area contributed by atoms with Crippen molar-refractivity contribution in [1.29, 1.82) is 0 Å². The third-order valence-electron chi connectivity index (χ3n) is 10.5.